The summed E-state index contributed by atoms with van der Waals surface area (Å²) in [6.45, 7) is 2.02. The SMILES string of the molecule is CCOC(=O)c1ccc(-n2cc(C#CN)c(-c3cccc(Cl)c3)c2)cc1OCOC. The van der Waals surface area contributed by atoms with E-state index in [1.807, 2.05) is 41.2 Å². The van der Waals surface area contributed by atoms with E-state index in [1.165, 1.54) is 7.11 Å². The van der Waals surface area contributed by atoms with Gasteiger partial charge in [0.2, 0.25) is 0 Å². The molecular weight excluding hydrogens is 404 g/mol. The smallest absolute Gasteiger partial charge is 0.341 e. The maximum absolute atomic E-state index is 12.2. The van der Waals surface area contributed by atoms with Crippen LogP contribution in [0.1, 0.15) is 22.8 Å². The maximum atomic E-state index is 12.2. The number of ether oxygens (including phenoxy) is 3. The Morgan fingerprint density at radius 2 is 2.03 bits per heavy atom. The lowest BCUT2D eigenvalue weighted by molar-refractivity contribution is 0.0438. The molecule has 0 aliphatic carbocycles. The summed E-state index contributed by atoms with van der Waals surface area (Å²) in [6, 6.07) is 15.1. The molecule has 0 atom stereocenters. The van der Waals surface area contributed by atoms with Gasteiger partial charge in [0.15, 0.2) is 6.79 Å². The Morgan fingerprint density at radius 1 is 1.20 bits per heavy atom. The van der Waals surface area contributed by atoms with Gasteiger partial charge in [0.1, 0.15) is 11.3 Å². The molecule has 6 nitrogen and oxygen atoms in total. The van der Waals surface area contributed by atoms with E-state index in [1.54, 1.807) is 25.1 Å². The number of methoxy groups -OCH3 is 1. The predicted octanol–water partition coefficient (Wildman–Crippen LogP) is 4.22. The van der Waals surface area contributed by atoms with Crippen LogP contribution in [0.3, 0.4) is 0 Å². The monoisotopic (exact) mass is 424 g/mol. The summed E-state index contributed by atoms with van der Waals surface area (Å²) in [5, 5.41) is 0.626. The minimum absolute atomic E-state index is 0.000793. The van der Waals surface area contributed by atoms with E-state index in [9.17, 15) is 4.79 Å². The van der Waals surface area contributed by atoms with Crippen LogP contribution in [0.15, 0.2) is 54.9 Å². The minimum Gasteiger partial charge on any atom is -0.467 e. The average Bonchev–Trinajstić information content (AvgIpc) is 3.16. The lowest BCUT2D eigenvalue weighted by Gasteiger charge is -2.12. The fourth-order valence-corrected chi connectivity index (χ4v) is 3.15. The van der Waals surface area contributed by atoms with Crippen LogP contribution in [0.2, 0.25) is 5.02 Å². The second-order valence-corrected chi connectivity index (χ2v) is 6.66. The Balaban J connectivity index is 2.07. The molecule has 3 rings (SSSR count). The van der Waals surface area contributed by atoms with E-state index in [4.69, 9.17) is 31.5 Å². The number of nitrogens with two attached hydrogens (primary N) is 1. The van der Waals surface area contributed by atoms with Crippen molar-refractivity contribution in [3.63, 3.8) is 0 Å². The van der Waals surface area contributed by atoms with Crippen molar-refractivity contribution in [2.75, 3.05) is 20.5 Å². The fourth-order valence-electron chi connectivity index (χ4n) is 2.96. The zero-order chi connectivity index (χ0) is 21.5. The van der Waals surface area contributed by atoms with E-state index in [0.717, 1.165) is 22.4 Å². The number of aromatic nitrogens is 1. The summed E-state index contributed by atoms with van der Waals surface area (Å²) in [5.41, 5.74) is 9.09. The number of hydrogen-bond donors (Lipinski definition) is 1. The Kier molecular flexibility index (Phi) is 7.02. The normalized spacial score (nSPS) is 10.2. The first-order chi connectivity index (χ1) is 14.6. The Hall–Kier alpha value is -3.40. The zero-order valence-corrected chi connectivity index (χ0v) is 17.4. The molecule has 0 bridgehead atoms. The van der Waals surface area contributed by atoms with Gasteiger partial charge >= 0.3 is 5.97 Å². The van der Waals surface area contributed by atoms with Crippen LogP contribution < -0.4 is 10.5 Å². The van der Waals surface area contributed by atoms with E-state index in [-0.39, 0.29) is 13.4 Å². The van der Waals surface area contributed by atoms with Crippen LogP contribution in [-0.2, 0) is 9.47 Å². The van der Waals surface area contributed by atoms with Gasteiger partial charge in [0.25, 0.3) is 0 Å². The van der Waals surface area contributed by atoms with Crippen LogP contribution in [0, 0.1) is 12.0 Å². The summed E-state index contributed by atoms with van der Waals surface area (Å²) in [4.78, 5) is 12.2. The fraction of sp³-hybridized carbons (Fsp3) is 0.174. The van der Waals surface area contributed by atoms with Gasteiger partial charge in [-0.15, -0.1) is 0 Å². The van der Waals surface area contributed by atoms with Crippen molar-refractivity contribution in [3.05, 3.63) is 71.0 Å². The molecule has 2 aromatic carbocycles. The topological polar surface area (TPSA) is 75.7 Å². The zero-order valence-electron chi connectivity index (χ0n) is 16.6. The quantitative estimate of drug-likeness (QED) is 0.266. The van der Waals surface area contributed by atoms with Gasteiger partial charge in [-0.05, 0) is 42.7 Å². The van der Waals surface area contributed by atoms with Gasteiger partial charge in [-0.3, -0.25) is 0 Å². The molecule has 1 aromatic heterocycles. The summed E-state index contributed by atoms with van der Waals surface area (Å²) in [6.07, 6.45) is 3.78. The lowest BCUT2D eigenvalue weighted by atomic mass is 10.1. The maximum Gasteiger partial charge on any atom is 0.341 e. The Labute approximate surface area is 180 Å². The molecule has 0 unspecified atom stereocenters. The molecule has 0 fully saturated rings. The number of nitrogens with zero attached hydrogens (tertiary/aromatic N) is 1. The molecule has 7 heteroatoms. The predicted molar refractivity (Wildman–Crippen MR) is 116 cm³/mol. The molecule has 0 spiro atoms. The van der Waals surface area contributed by atoms with Crippen LogP contribution in [0.5, 0.6) is 5.75 Å². The minimum atomic E-state index is -0.461. The molecule has 0 saturated carbocycles. The van der Waals surface area contributed by atoms with Gasteiger partial charge < -0.3 is 24.5 Å². The number of carbonyl (C=O) groups excluding carboxylic acids is 1. The molecule has 0 amide bonds. The Bertz CT molecular complexity index is 1110. The largest absolute Gasteiger partial charge is 0.467 e. The summed E-state index contributed by atoms with van der Waals surface area (Å²) in [5.74, 6) is 2.82. The number of hydrogen-bond acceptors (Lipinski definition) is 5. The van der Waals surface area contributed by atoms with Crippen molar-refractivity contribution in [2.24, 2.45) is 5.73 Å². The van der Waals surface area contributed by atoms with Gasteiger partial charge in [-0.1, -0.05) is 23.7 Å². The number of rotatable bonds is 7. The molecule has 0 radical (unpaired) electrons. The molecule has 0 aliphatic heterocycles. The van der Waals surface area contributed by atoms with Gasteiger partial charge in [0.05, 0.1) is 12.2 Å². The summed E-state index contributed by atoms with van der Waals surface area (Å²) in [7, 11) is 1.51. The molecule has 1 heterocycles. The number of esters is 1. The molecule has 154 valence electrons. The van der Waals surface area contributed by atoms with Crippen molar-refractivity contribution < 1.29 is 19.0 Å². The third kappa shape index (κ3) is 4.77. The highest BCUT2D eigenvalue weighted by Gasteiger charge is 2.16. The van der Waals surface area contributed by atoms with Crippen molar-refractivity contribution in [2.45, 2.75) is 6.92 Å². The van der Waals surface area contributed by atoms with E-state index >= 15 is 0 Å². The summed E-state index contributed by atoms with van der Waals surface area (Å²) >= 11 is 6.15. The molecule has 30 heavy (non-hydrogen) atoms. The van der Waals surface area contributed by atoms with Gasteiger partial charge in [0, 0.05) is 47.9 Å². The number of carbonyl (C=O) groups is 1. The molecule has 0 saturated heterocycles. The molecular formula is C23H21ClN2O4. The molecule has 2 N–H and O–H groups in total. The van der Waals surface area contributed by atoms with Crippen LogP contribution in [0.25, 0.3) is 16.8 Å². The molecule has 3 aromatic rings. The third-order valence-corrected chi connectivity index (χ3v) is 4.50. The van der Waals surface area contributed by atoms with E-state index in [2.05, 4.69) is 12.0 Å². The van der Waals surface area contributed by atoms with Crippen LogP contribution in [-0.4, -0.2) is 31.0 Å². The third-order valence-electron chi connectivity index (χ3n) is 4.26. The van der Waals surface area contributed by atoms with Gasteiger partial charge in [-0.25, -0.2) is 4.79 Å². The van der Waals surface area contributed by atoms with Crippen molar-refractivity contribution >= 4 is 17.6 Å². The van der Waals surface area contributed by atoms with Crippen LogP contribution >= 0.6 is 11.6 Å². The highest BCUT2D eigenvalue weighted by Crippen LogP contribution is 2.30. The van der Waals surface area contributed by atoms with Gasteiger partial charge in [-0.2, -0.15) is 0 Å². The summed E-state index contributed by atoms with van der Waals surface area (Å²) < 4.78 is 17.6. The first kappa shape index (κ1) is 21.3. The standard InChI is InChI=1S/C23H21ClN2O4/c1-3-29-23(27)20-8-7-19(12-22(20)30-15-28-2)26-13-17(9-10-25)21(14-26)16-5-4-6-18(24)11-16/h4-8,11-14H,3,15,25H2,1-2H3. The van der Waals surface area contributed by atoms with E-state index in [0.29, 0.717) is 16.3 Å². The van der Waals surface area contributed by atoms with Crippen molar-refractivity contribution in [1.29, 1.82) is 0 Å². The second-order valence-electron chi connectivity index (χ2n) is 6.22. The van der Waals surface area contributed by atoms with E-state index < -0.39 is 5.97 Å². The highest BCUT2D eigenvalue weighted by atomic mass is 35.5. The second kappa shape index (κ2) is 9.88. The lowest BCUT2D eigenvalue weighted by Crippen LogP contribution is -2.10. The highest BCUT2D eigenvalue weighted by molar-refractivity contribution is 6.30. The van der Waals surface area contributed by atoms with Crippen molar-refractivity contribution in [3.8, 4) is 34.5 Å². The van der Waals surface area contributed by atoms with Crippen LogP contribution in [0.4, 0.5) is 0 Å². The van der Waals surface area contributed by atoms with Crippen molar-refractivity contribution in [1.82, 2.24) is 4.57 Å². The first-order valence-electron chi connectivity index (χ1n) is 9.20. The number of benzene rings is 2. The first-order valence-corrected chi connectivity index (χ1v) is 9.58. The Morgan fingerprint density at radius 3 is 2.73 bits per heavy atom. The molecule has 0 aliphatic rings. The number of halogens is 1. The average molecular weight is 425 g/mol.